The second-order valence-corrected chi connectivity index (χ2v) is 5.67. The maximum absolute atomic E-state index is 6.18. The molecule has 0 amide bonds. The van der Waals surface area contributed by atoms with Crippen LogP contribution in [0.15, 0.2) is 17.5 Å². The molecule has 0 saturated heterocycles. The van der Waals surface area contributed by atoms with Crippen molar-refractivity contribution in [1.82, 2.24) is 0 Å². The number of hydrogen-bond donors (Lipinski definition) is 1. The summed E-state index contributed by atoms with van der Waals surface area (Å²) in [5.41, 5.74) is 6.03. The van der Waals surface area contributed by atoms with Crippen molar-refractivity contribution < 1.29 is 4.74 Å². The van der Waals surface area contributed by atoms with Crippen molar-refractivity contribution >= 4 is 11.3 Å². The molecule has 0 aliphatic heterocycles. The molecule has 0 aromatic carbocycles. The van der Waals surface area contributed by atoms with Crippen LogP contribution in [-0.2, 0) is 4.74 Å². The minimum atomic E-state index is 0.0700. The quantitative estimate of drug-likeness (QED) is 0.873. The number of ether oxygens (including phenoxy) is 1. The summed E-state index contributed by atoms with van der Waals surface area (Å²) >= 11 is 1.74. The van der Waals surface area contributed by atoms with Crippen molar-refractivity contribution in [2.24, 2.45) is 5.73 Å². The Hall–Kier alpha value is -0.380. The van der Waals surface area contributed by atoms with Gasteiger partial charge in [0, 0.05) is 10.9 Å². The van der Waals surface area contributed by atoms with Gasteiger partial charge in [0.15, 0.2) is 0 Å². The van der Waals surface area contributed by atoms with Crippen LogP contribution in [0.2, 0.25) is 0 Å². The molecule has 3 heteroatoms. The molecule has 1 aliphatic carbocycles. The lowest BCUT2D eigenvalue weighted by molar-refractivity contribution is -0.0389. The largest absolute Gasteiger partial charge is 0.368 e. The molecule has 1 fully saturated rings. The lowest BCUT2D eigenvalue weighted by Gasteiger charge is -2.29. The Morgan fingerprint density at radius 2 is 2.12 bits per heavy atom. The Morgan fingerprint density at radius 1 is 1.38 bits per heavy atom. The van der Waals surface area contributed by atoms with Gasteiger partial charge in [0.2, 0.25) is 0 Å². The van der Waals surface area contributed by atoms with Crippen LogP contribution in [0.3, 0.4) is 0 Å². The van der Waals surface area contributed by atoms with E-state index >= 15 is 0 Å². The Bertz CT molecular complexity index is 291. The molecule has 1 aromatic heterocycles. The molecule has 2 atom stereocenters. The average Bonchev–Trinajstić information content (AvgIpc) is 2.80. The monoisotopic (exact) mass is 239 g/mol. The Morgan fingerprint density at radius 3 is 2.69 bits per heavy atom. The molecule has 2 unspecified atom stereocenters. The summed E-state index contributed by atoms with van der Waals surface area (Å²) < 4.78 is 6.18. The number of thiophene rings is 1. The fraction of sp³-hybridized carbons (Fsp3) is 0.692. The van der Waals surface area contributed by atoms with Gasteiger partial charge in [0.05, 0.1) is 6.10 Å². The highest BCUT2D eigenvalue weighted by Crippen LogP contribution is 2.30. The SMILES string of the molecule is CC(N)C(OC1CCCCC1)c1cccs1. The van der Waals surface area contributed by atoms with E-state index in [-0.39, 0.29) is 12.1 Å². The summed E-state index contributed by atoms with van der Waals surface area (Å²) in [5.74, 6) is 0. The van der Waals surface area contributed by atoms with E-state index in [1.165, 1.54) is 37.0 Å². The van der Waals surface area contributed by atoms with Crippen molar-refractivity contribution in [2.75, 3.05) is 0 Å². The highest BCUT2D eigenvalue weighted by atomic mass is 32.1. The van der Waals surface area contributed by atoms with Crippen LogP contribution >= 0.6 is 11.3 Å². The summed E-state index contributed by atoms with van der Waals surface area (Å²) in [6.45, 7) is 2.03. The van der Waals surface area contributed by atoms with Gasteiger partial charge >= 0.3 is 0 Å². The average molecular weight is 239 g/mol. The Labute approximate surface area is 102 Å². The molecule has 0 bridgehead atoms. The van der Waals surface area contributed by atoms with Gasteiger partial charge < -0.3 is 10.5 Å². The third-order valence-electron chi connectivity index (χ3n) is 3.19. The molecule has 2 N–H and O–H groups in total. The second-order valence-electron chi connectivity index (χ2n) is 4.69. The molecule has 2 rings (SSSR count). The van der Waals surface area contributed by atoms with E-state index < -0.39 is 0 Å². The van der Waals surface area contributed by atoms with Gasteiger partial charge in [-0.15, -0.1) is 11.3 Å². The second kappa shape index (κ2) is 5.80. The summed E-state index contributed by atoms with van der Waals surface area (Å²) in [6.07, 6.45) is 6.89. The van der Waals surface area contributed by atoms with E-state index in [0.29, 0.717) is 6.10 Å². The molecule has 90 valence electrons. The Kier molecular flexibility index (Phi) is 4.38. The standard InChI is InChI=1S/C13H21NOS/c1-10(14)13(12-8-5-9-16-12)15-11-6-3-2-4-7-11/h5,8-11,13H,2-4,6-7,14H2,1H3. The predicted octanol–water partition coefficient (Wildman–Crippen LogP) is 3.49. The van der Waals surface area contributed by atoms with E-state index in [9.17, 15) is 0 Å². The fourth-order valence-electron chi connectivity index (χ4n) is 2.31. The van der Waals surface area contributed by atoms with Gasteiger partial charge in [-0.1, -0.05) is 25.3 Å². The van der Waals surface area contributed by atoms with Gasteiger partial charge in [0.25, 0.3) is 0 Å². The zero-order valence-corrected chi connectivity index (χ0v) is 10.7. The first-order valence-electron chi connectivity index (χ1n) is 6.22. The lowest BCUT2D eigenvalue weighted by atomic mass is 9.97. The van der Waals surface area contributed by atoms with Crippen molar-refractivity contribution in [3.63, 3.8) is 0 Å². The zero-order chi connectivity index (χ0) is 11.4. The maximum Gasteiger partial charge on any atom is 0.107 e. The first-order valence-corrected chi connectivity index (χ1v) is 7.10. The topological polar surface area (TPSA) is 35.2 Å². The highest BCUT2D eigenvalue weighted by Gasteiger charge is 2.23. The summed E-state index contributed by atoms with van der Waals surface area (Å²) in [4.78, 5) is 1.26. The van der Waals surface area contributed by atoms with Crippen molar-refractivity contribution in [1.29, 1.82) is 0 Å². The number of hydrogen-bond acceptors (Lipinski definition) is 3. The van der Waals surface area contributed by atoms with Crippen LogP contribution in [0.5, 0.6) is 0 Å². The molecule has 0 spiro atoms. The van der Waals surface area contributed by atoms with Gasteiger partial charge in [-0.3, -0.25) is 0 Å². The van der Waals surface area contributed by atoms with Crippen LogP contribution in [0.4, 0.5) is 0 Å². The van der Waals surface area contributed by atoms with Gasteiger partial charge in [0.1, 0.15) is 6.10 Å². The van der Waals surface area contributed by atoms with E-state index in [1.54, 1.807) is 11.3 Å². The minimum absolute atomic E-state index is 0.0700. The third-order valence-corrected chi connectivity index (χ3v) is 4.13. The minimum Gasteiger partial charge on any atom is -0.368 e. The Balaban J connectivity index is 1.97. The van der Waals surface area contributed by atoms with E-state index in [2.05, 4.69) is 17.5 Å². The van der Waals surface area contributed by atoms with Gasteiger partial charge in [-0.25, -0.2) is 0 Å². The van der Waals surface area contributed by atoms with Crippen LogP contribution in [-0.4, -0.2) is 12.1 Å². The predicted molar refractivity (Wildman–Crippen MR) is 68.7 cm³/mol. The van der Waals surface area contributed by atoms with Crippen LogP contribution < -0.4 is 5.73 Å². The summed E-state index contributed by atoms with van der Waals surface area (Å²) in [5, 5.41) is 2.09. The fourth-order valence-corrected chi connectivity index (χ4v) is 3.19. The van der Waals surface area contributed by atoms with Crippen molar-refractivity contribution in [3.05, 3.63) is 22.4 Å². The number of rotatable bonds is 4. The molecule has 2 nitrogen and oxygen atoms in total. The molecule has 1 heterocycles. The molecule has 16 heavy (non-hydrogen) atoms. The van der Waals surface area contributed by atoms with Crippen LogP contribution in [0.25, 0.3) is 0 Å². The van der Waals surface area contributed by atoms with Gasteiger partial charge in [-0.05, 0) is 31.2 Å². The van der Waals surface area contributed by atoms with E-state index in [4.69, 9.17) is 10.5 Å². The maximum atomic E-state index is 6.18. The molecule has 0 radical (unpaired) electrons. The highest BCUT2D eigenvalue weighted by molar-refractivity contribution is 7.10. The smallest absolute Gasteiger partial charge is 0.107 e. The van der Waals surface area contributed by atoms with E-state index in [0.717, 1.165) is 0 Å². The molecule has 1 aliphatic rings. The van der Waals surface area contributed by atoms with Gasteiger partial charge in [-0.2, -0.15) is 0 Å². The van der Waals surface area contributed by atoms with E-state index in [1.807, 2.05) is 6.92 Å². The lowest BCUT2D eigenvalue weighted by Crippen LogP contribution is -2.30. The van der Waals surface area contributed by atoms with Crippen molar-refractivity contribution in [2.45, 2.75) is 57.3 Å². The first-order chi connectivity index (χ1) is 7.77. The first kappa shape index (κ1) is 12.1. The summed E-state index contributed by atoms with van der Waals surface area (Å²) in [7, 11) is 0. The molecular weight excluding hydrogens is 218 g/mol. The molecule has 1 saturated carbocycles. The molecular formula is C13H21NOS. The van der Waals surface area contributed by atoms with Crippen molar-refractivity contribution in [3.8, 4) is 0 Å². The normalized spacial score (nSPS) is 21.9. The third kappa shape index (κ3) is 3.06. The summed E-state index contributed by atoms with van der Waals surface area (Å²) in [6, 6.07) is 4.27. The van der Waals surface area contributed by atoms with Crippen LogP contribution in [0.1, 0.15) is 50.0 Å². The number of nitrogens with two attached hydrogens (primary N) is 1. The van der Waals surface area contributed by atoms with Crippen LogP contribution in [0, 0.1) is 0 Å². The zero-order valence-electron chi connectivity index (χ0n) is 9.89. The molecule has 1 aromatic rings.